The Morgan fingerprint density at radius 2 is 2.18 bits per heavy atom. The first-order valence-electron chi connectivity index (χ1n) is 7.01. The minimum atomic E-state index is -0.684. The van der Waals surface area contributed by atoms with Crippen LogP contribution in [-0.4, -0.2) is 34.6 Å². The topological polar surface area (TPSA) is 40.5 Å². The molecule has 1 aliphatic heterocycles. The van der Waals surface area contributed by atoms with Crippen molar-refractivity contribution in [3.8, 4) is 0 Å². The van der Waals surface area contributed by atoms with Gasteiger partial charge in [-0.1, -0.05) is 26.7 Å². The van der Waals surface area contributed by atoms with Gasteiger partial charge in [0.2, 0.25) is 5.91 Å². The summed E-state index contributed by atoms with van der Waals surface area (Å²) in [6.45, 7) is 7.40. The minimum absolute atomic E-state index is 0.156. The van der Waals surface area contributed by atoms with Crippen molar-refractivity contribution in [1.82, 2.24) is 4.90 Å². The molecule has 1 heterocycles. The Morgan fingerprint density at radius 1 is 1.47 bits per heavy atom. The van der Waals surface area contributed by atoms with Gasteiger partial charge < -0.3 is 10.0 Å². The highest BCUT2D eigenvalue weighted by atomic mass is 16.3. The molecule has 2 unspecified atom stereocenters. The quantitative estimate of drug-likeness (QED) is 0.803. The summed E-state index contributed by atoms with van der Waals surface area (Å²) in [6, 6.07) is 0. The number of nitrogens with zero attached hydrogens (tertiary/aromatic N) is 1. The van der Waals surface area contributed by atoms with E-state index in [0.29, 0.717) is 6.54 Å². The lowest BCUT2D eigenvalue weighted by Gasteiger charge is -2.38. The lowest BCUT2D eigenvalue weighted by molar-refractivity contribution is -0.142. The molecule has 0 spiro atoms. The third kappa shape index (κ3) is 4.30. The van der Waals surface area contributed by atoms with E-state index in [1.54, 1.807) is 0 Å². The maximum Gasteiger partial charge on any atom is 0.225 e. The van der Waals surface area contributed by atoms with E-state index < -0.39 is 5.60 Å². The number of β-amino-alcohol motifs (C(OH)–C–C–N with tert-alkyl or cyclic N) is 1. The van der Waals surface area contributed by atoms with E-state index in [1.807, 2.05) is 11.8 Å². The third-order valence-electron chi connectivity index (χ3n) is 3.73. The smallest absolute Gasteiger partial charge is 0.225 e. The van der Waals surface area contributed by atoms with Crippen LogP contribution in [0.3, 0.4) is 0 Å². The van der Waals surface area contributed by atoms with Gasteiger partial charge in [-0.15, -0.1) is 0 Å². The van der Waals surface area contributed by atoms with Crippen LogP contribution < -0.4 is 0 Å². The summed E-state index contributed by atoms with van der Waals surface area (Å²) in [5.41, 5.74) is -0.684. The molecule has 0 aromatic heterocycles. The lowest BCUT2D eigenvalue weighted by Crippen LogP contribution is -2.50. The summed E-state index contributed by atoms with van der Waals surface area (Å²) in [4.78, 5) is 14.2. The summed E-state index contributed by atoms with van der Waals surface area (Å²) in [5, 5.41) is 10.0. The molecule has 0 aromatic carbocycles. The average molecular weight is 241 g/mol. The van der Waals surface area contributed by atoms with Crippen LogP contribution in [-0.2, 0) is 4.79 Å². The van der Waals surface area contributed by atoms with E-state index >= 15 is 0 Å². The summed E-state index contributed by atoms with van der Waals surface area (Å²) < 4.78 is 0. The van der Waals surface area contributed by atoms with E-state index in [2.05, 4.69) is 13.8 Å². The van der Waals surface area contributed by atoms with Crippen molar-refractivity contribution in [2.45, 2.75) is 64.9 Å². The second-order valence-corrected chi connectivity index (χ2v) is 5.61. The molecule has 0 bridgehead atoms. The second-order valence-electron chi connectivity index (χ2n) is 5.61. The predicted molar refractivity (Wildman–Crippen MR) is 69.7 cm³/mol. The maximum absolute atomic E-state index is 12.3. The van der Waals surface area contributed by atoms with Gasteiger partial charge in [0.1, 0.15) is 0 Å². The molecule has 1 fully saturated rings. The van der Waals surface area contributed by atoms with Gasteiger partial charge in [0.25, 0.3) is 0 Å². The van der Waals surface area contributed by atoms with Crippen molar-refractivity contribution in [2.24, 2.45) is 5.92 Å². The molecule has 0 aliphatic carbocycles. The average Bonchev–Trinajstić information content (AvgIpc) is 2.28. The highest BCUT2D eigenvalue weighted by Gasteiger charge is 2.32. The Kier molecular flexibility index (Phi) is 5.44. The van der Waals surface area contributed by atoms with Crippen molar-refractivity contribution >= 4 is 5.91 Å². The second kappa shape index (κ2) is 6.39. The number of likely N-dealkylation sites (tertiary alicyclic amines) is 1. The first kappa shape index (κ1) is 14.5. The van der Waals surface area contributed by atoms with Crippen LogP contribution in [0.5, 0.6) is 0 Å². The van der Waals surface area contributed by atoms with Crippen LogP contribution in [0.2, 0.25) is 0 Å². The Hall–Kier alpha value is -0.570. The number of unbranched alkanes of at least 4 members (excludes halogenated alkanes) is 1. The van der Waals surface area contributed by atoms with Crippen LogP contribution in [0.4, 0.5) is 0 Å². The minimum Gasteiger partial charge on any atom is -0.388 e. The van der Waals surface area contributed by atoms with Gasteiger partial charge in [-0.3, -0.25) is 4.79 Å². The van der Waals surface area contributed by atoms with E-state index in [1.165, 1.54) is 0 Å². The van der Waals surface area contributed by atoms with Crippen molar-refractivity contribution in [3.05, 3.63) is 0 Å². The van der Waals surface area contributed by atoms with Gasteiger partial charge in [-0.2, -0.15) is 0 Å². The monoisotopic (exact) mass is 241 g/mol. The Balaban J connectivity index is 2.54. The van der Waals surface area contributed by atoms with Crippen LogP contribution in [0.25, 0.3) is 0 Å². The van der Waals surface area contributed by atoms with Crippen LogP contribution >= 0.6 is 0 Å². The zero-order valence-electron chi connectivity index (χ0n) is 11.5. The summed E-state index contributed by atoms with van der Waals surface area (Å²) in [6.07, 6.45) is 5.89. The highest BCUT2D eigenvalue weighted by Crippen LogP contribution is 2.24. The third-order valence-corrected chi connectivity index (χ3v) is 3.73. The normalized spacial score (nSPS) is 26.9. The van der Waals surface area contributed by atoms with Crippen molar-refractivity contribution in [1.29, 1.82) is 0 Å². The molecule has 0 aromatic rings. The fraction of sp³-hybridized carbons (Fsp3) is 0.929. The van der Waals surface area contributed by atoms with Crippen LogP contribution in [0, 0.1) is 5.92 Å². The van der Waals surface area contributed by atoms with Gasteiger partial charge in [0.05, 0.1) is 5.60 Å². The first-order chi connectivity index (χ1) is 8.00. The van der Waals surface area contributed by atoms with E-state index in [0.717, 1.165) is 45.1 Å². The number of aliphatic hydroxyl groups is 1. The van der Waals surface area contributed by atoms with Crippen LogP contribution in [0.1, 0.15) is 59.3 Å². The number of hydrogen-bond donors (Lipinski definition) is 1. The number of carbonyl (C=O) groups excluding carboxylic acids is 1. The highest BCUT2D eigenvalue weighted by molar-refractivity contribution is 5.79. The van der Waals surface area contributed by atoms with Gasteiger partial charge in [0, 0.05) is 19.0 Å². The Bertz CT molecular complexity index is 251. The molecule has 3 nitrogen and oxygen atoms in total. The SMILES string of the molecule is CCCCC(CC)C(=O)N1CCCC(C)(O)C1. The Labute approximate surface area is 105 Å². The predicted octanol–water partition coefficient (Wildman–Crippen LogP) is 2.58. The van der Waals surface area contributed by atoms with Gasteiger partial charge in [-0.25, -0.2) is 0 Å². The molecule has 17 heavy (non-hydrogen) atoms. The molecule has 1 saturated heterocycles. The molecule has 1 rings (SSSR count). The molecule has 100 valence electrons. The fourth-order valence-electron chi connectivity index (χ4n) is 2.62. The Morgan fingerprint density at radius 3 is 2.71 bits per heavy atom. The number of piperidine rings is 1. The standard InChI is InChI=1S/C14H27NO2/c1-4-6-8-12(5-2)13(16)15-10-7-9-14(3,17)11-15/h12,17H,4-11H2,1-3H3. The summed E-state index contributed by atoms with van der Waals surface area (Å²) in [5.74, 6) is 0.407. The first-order valence-corrected chi connectivity index (χ1v) is 7.01. The molecular weight excluding hydrogens is 214 g/mol. The number of amides is 1. The summed E-state index contributed by atoms with van der Waals surface area (Å²) in [7, 11) is 0. The van der Waals surface area contributed by atoms with E-state index in [4.69, 9.17) is 0 Å². The zero-order valence-corrected chi connectivity index (χ0v) is 11.5. The molecule has 2 atom stereocenters. The fourth-order valence-corrected chi connectivity index (χ4v) is 2.62. The van der Waals surface area contributed by atoms with Crippen molar-refractivity contribution < 1.29 is 9.90 Å². The molecular formula is C14H27NO2. The largest absolute Gasteiger partial charge is 0.388 e. The zero-order chi connectivity index (χ0) is 12.9. The maximum atomic E-state index is 12.3. The van der Waals surface area contributed by atoms with Crippen LogP contribution in [0.15, 0.2) is 0 Å². The number of rotatable bonds is 5. The van der Waals surface area contributed by atoms with Crippen molar-refractivity contribution in [2.75, 3.05) is 13.1 Å². The molecule has 1 aliphatic rings. The molecule has 3 heteroatoms. The molecule has 0 saturated carbocycles. The number of carbonyl (C=O) groups is 1. The van der Waals surface area contributed by atoms with Gasteiger partial charge in [0.15, 0.2) is 0 Å². The van der Waals surface area contributed by atoms with Crippen molar-refractivity contribution in [3.63, 3.8) is 0 Å². The molecule has 0 radical (unpaired) electrons. The lowest BCUT2D eigenvalue weighted by atomic mass is 9.92. The van der Waals surface area contributed by atoms with E-state index in [-0.39, 0.29) is 11.8 Å². The van der Waals surface area contributed by atoms with Gasteiger partial charge in [-0.05, 0) is 32.6 Å². The summed E-state index contributed by atoms with van der Waals surface area (Å²) >= 11 is 0. The van der Waals surface area contributed by atoms with Gasteiger partial charge >= 0.3 is 0 Å². The molecule has 1 amide bonds. The van der Waals surface area contributed by atoms with E-state index in [9.17, 15) is 9.90 Å². The number of hydrogen-bond acceptors (Lipinski definition) is 2. The molecule has 1 N–H and O–H groups in total.